The molecule has 2 fully saturated rings. The van der Waals surface area contributed by atoms with Gasteiger partial charge in [-0.25, -0.2) is 4.39 Å². The monoisotopic (exact) mass is 334 g/mol. The molecule has 2 aliphatic rings. The van der Waals surface area contributed by atoms with Crippen LogP contribution in [0.25, 0.3) is 0 Å². The molecule has 0 atom stereocenters. The smallest absolute Gasteiger partial charge is 0.236 e. The Bertz CT molecular complexity index is 534. The molecule has 0 aliphatic carbocycles. The number of piperazine rings is 2. The summed E-state index contributed by atoms with van der Waals surface area (Å²) in [5, 5.41) is 0. The Kier molecular flexibility index (Phi) is 5.68. The first-order chi connectivity index (χ1) is 11.7. The number of hydrogen-bond acceptors (Lipinski definition) is 4. The van der Waals surface area contributed by atoms with Gasteiger partial charge in [0.25, 0.3) is 0 Å². The van der Waals surface area contributed by atoms with E-state index in [-0.39, 0.29) is 11.7 Å². The van der Waals surface area contributed by atoms with E-state index >= 15 is 0 Å². The van der Waals surface area contributed by atoms with Gasteiger partial charge in [0.05, 0.1) is 6.54 Å². The first-order valence-corrected chi connectivity index (χ1v) is 8.88. The van der Waals surface area contributed by atoms with E-state index in [1.54, 1.807) is 0 Å². The molecule has 1 aromatic carbocycles. The number of carbonyl (C=O) groups is 1. The van der Waals surface area contributed by atoms with Gasteiger partial charge in [0.15, 0.2) is 0 Å². The molecule has 6 heteroatoms. The lowest BCUT2D eigenvalue weighted by Crippen LogP contribution is -2.53. The Labute approximate surface area is 143 Å². The number of amides is 1. The van der Waals surface area contributed by atoms with Crippen LogP contribution in [0.15, 0.2) is 24.3 Å². The zero-order valence-corrected chi connectivity index (χ0v) is 14.5. The van der Waals surface area contributed by atoms with E-state index in [1.165, 1.54) is 12.1 Å². The van der Waals surface area contributed by atoms with Crippen molar-refractivity contribution in [3.63, 3.8) is 0 Å². The zero-order chi connectivity index (χ0) is 16.9. The maximum absolute atomic E-state index is 13.0. The SMILES string of the molecule is CCN1CCN(C(=O)CN2CCN(c3ccc(F)cc3)CC2)CC1. The van der Waals surface area contributed by atoms with Crippen molar-refractivity contribution in [2.75, 3.05) is 70.3 Å². The number of likely N-dealkylation sites (N-methyl/N-ethyl adjacent to an activating group) is 1. The second-order valence-electron chi connectivity index (χ2n) is 6.55. The van der Waals surface area contributed by atoms with Crippen LogP contribution in [0, 0.1) is 5.82 Å². The molecule has 5 nitrogen and oxygen atoms in total. The lowest BCUT2D eigenvalue weighted by molar-refractivity contribution is -0.134. The molecular formula is C18H27FN4O. The predicted octanol–water partition coefficient (Wildman–Crippen LogP) is 1.11. The Morgan fingerprint density at radius 2 is 1.50 bits per heavy atom. The molecule has 2 saturated heterocycles. The molecule has 0 unspecified atom stereocenters. The largest absolute Gasteiger partial charge is 0.369 e. The maximum Gasteiger partial charge on any atom is 0.236 e. The fourth-order valence-electron chi connectivity index (χ4n) is 3.42. The van der Waals surface area contributed by atoms with E-state index in [2.05, 4.69) is 21.6 Å². The molecule has 0 N–H and O–H groups in total. The molecule has 3 rings (SSSR count). The molecule has 24 heavy (non-hydrogen) atoms. The normalized spacial score (nSPS) is 20.4. The summed E-state index contributed by atoms with van der Waals surface area (Å²) in [5.41, 5.74) is 1.05. The predicted molar refractivity (Wildman–Crippen MR) is 93.7 cm³/mol. The van der Waals surface area contributed by atoms with Crippen molar-refractivity contribution in [3.8, 4) is 0 Å². The topological polar surface area (TPSA) is 30.0 Å². The maximum atomic E-state index is 13.0. The van der Waals surface area contributed by atoms with Crippen LogP contribution in [0.2, 0.25) is 0 Å². The van der Waals surface area contributed by atoms with Crippen LogP contribution in [0.3, 0.4) is 0 Å². The van der Waals surface area contributed by atoms with Crippen molar-refractivity contribution >= 4 is 11.6 Å². The molecule has 0 bridgehead atoms. The number of hydrogen-bond donors (Lipinski definition) is 0. The Hall–Kier alpha value is -1.66. The van der Waals surface area contributed by atoms with Gasteiger partial charge in [-0.05, 0) is 30.8 Å². The Balaban J connectivity index is 1.43. The minimum Gasteiger partial charge on any atom is -0.369 e. The first-order valence-electron chi connectivity index (χ1n) is 8.88. The van der Waals surface area contributed by atoms with E-state index in [9.17, 15) is 9.18 Å². The fourth-order valence-corrected chi connectivity index (χ4v) is 3.42. The molecule has 132 valence electrons. The summed E-state index contributed by atoms with van der Waals surface area (Å²) in [7, 11) is 0. The summed E-state index contributed by atoms with van der Waals surface area (Å²) in [6.45, 7) is 10.9. The summed E-state index contributed by atoms with van der Waals surface area (Å²) in [6, 6.07) is 6.65. The molecule has 2 heterocycles. The fraction of sp³-hybridized carbons (Fsp3) is 0.611. The Morgan fingerprint density at radius 1 is 0.917 bits per heavy atom. The van der Waals surface area contributed by atoms with Crippen molar-refractivity contribution in [2.45, 2.75) is 6.92 Å². The van der Waals surface area contributed by atoms with Crippen LogP contribution in [0.5, 0.6) is 0 Å². The van der Waals surface area contributed by atoms with Crippen molar-refractivity contribution in [1.82, 2.24) is 14.7 Å². The molecule has 2 aliphatic heterocycles. The molecule has 0 spiro atoms. The van der Waals surface area contributed by atoms with E-state index in [1.807, 2.05) is 17.0 Å². The van der Waals surface area contributed by atoms with Crippen molar-refractivity contribution in [1.29, 1.82) is 0 Å². The average molecular weight is 334 g/mol. The van der Waals surface area contributed by atoms with Gasteiger partial charge < -0.3 is 14.7 Å². The van der Waals surface area contributed by atoms with Crippen LogP contribution < -0.4 is 4.90 Å². The minimum atomic E-state index is -0.203. The van der Waals surface area contributed by atoms with Crippen LogP contribution >= 0.6 is 0 Å². The molecule has 1 amide bonds. The van der Waals surface area contributed by atoms with E-state index < -0.39 is 0 Å². The highest BCUT2D eigenvalue weighted by Crippen LogP contribution is 2.17. The summed E-state index contributed by atoms with van der Waals surface area (Å²) in [4.78, 5) is 21.3. The summed E-state index contributed by atoms with van der Waals surface area (Å²) >= 11 is 0. The number of benzene rings is 1. The highest BCUT2D eigenvalue weighted by atomic mass is 19.1. The van der Waals surface area contributed by atoms with Gasteiger partial charge in [-0.15, -0.1) is 0 Å². The number of halogens is 1. The summed E-state index contributed by atoms with van der Waals surface area (Å²) in [6.07, 6.45) is 0. The van der Waals surface area contributed by atoms with Crippen LogP contribution in [0.4, 0.5) is 10.1 Å². The third-order valence-electron chi connectivity index (χ3n) is 5.10. The second kappa shape index (κ2) is 7.94. The van der Waals surface area contributed by atoms with E-state index in [4.69, 9.17) is 0 Å². The lowest BCUT2D eigenvalue weighted by atomic mass is 10.2. The molecule has 0 aromatic heterocycles. The van der Waals surface area contributed by atoms with Crippen LogP contribution in [-0.2, 0) is 4.79 Å². The van der Waals surface area contributed by atoms with Gasteiger partial charge in [-0.2, -0.15) is 0 Å². The van der Waals surface area contributed by atoms with Crippen molar-refractivity contribution in [2.24, 2.45) is 0 Å². The van der Waals surface area contributed by atoms with E-state index in [0.717, 1.165) is 64.6 Å². The number of anilines is 1. The molecule has 0 radical (unpaired) electrons. The van der Waals surface area contributed by atoms with E-state index in [0.29, 0.717) is 6.54 Å². The second-order valence-corrected chi connectivity index (χ2v) is 6.55. The standard InChI is InChI=1S/C18H27FN4O/c1-2-20-7-13-23(14-8-20)18(24)15-21-9-11-22(12-10-21)17-5-3-16(19)4-6-17/h3-6H,2,7-15H2,1H3. The summed E-state index contributed by atoms with van der Waals surface area (Å²) in [5.74, 6) is 0.0483. The average Bonchev–Trinajstić information content (AvgIpc) is 2.63. The number of carbonyl (C=O) groups excluding carboxylic acids is 1. The Morgan fingerprint density at radius 3 is 2.08 bits per heavy atom. The van der Waals surface area contributed by atoms with Crippen molar-refractivity contribution in [3.05, 3.63) is 30.1 Å². The lowest BCUT2D eigenvalue weighted by Gasteiger charge is -2.38. The summed E-state index contributed by atoms with van der Waals surface area (Å²) < 4.78 is 13.0. The minimum absolute atomic E-state index is 0.203. The highest BCUT2D eigenvalue weighted by Gasteiger charge is 2.24. The van der Waals surface area contributed by atoms with Gasteiger partial charge in [-0.3, -0.25) is 9.69 Å². The van der Waals surface area contributed by atoms with Gasteiger partial charge in [-0.1, -0.05) is 6.92 Å². The third kappa shape index (κ3) is 4.24. The molecule has 0 saturated carbocycles. The van der Waals surface area contributed by atoms with Crippen molar-refractivity contribution < 1.29 is 9.18 Å². The van der Waals surface area contributed by atoms with Gasteiger partial charge in [0.1, 0.15) is 5.82 Å². The third-order valence-corrected chi connectivity index (χ3v) is 5.10. The van der Waals surface area contributed by atoms with Crippen LogP contribution in [-0.4, -0.2) is 86.1 Å². The van der Waals surface area contributed by atoms with Gasteiger partial charge in [0.2, 0.25) is 5.91 Å². The molecular weight excluding hydrogens is 307 g/mol. The van der Waals surface area contributed by atoms with Gasteiger partial charge in [0, 0.05) is 58.0 Å². The highest BCUT2D eigenvalue weighted by molar-refractivity contribution is 5.78. The molecule has 1 aromatic rings. The number of rotatable bonds is 4. The van der Waals surface area contributed by atoms with Gasteiger partial charge >= 0.3 is 0 Å². The van der Waals surface area contributed by atoms with Crippen LogP contribution in [0.1, 0.15) is 6.92 Å². The zero-order valence-electron chi connectivity index (χ0n) is 14.5. The quantitative estimate of drug-likeness (QED) is 0.825. The first kappa shape index (κ1) is 17.2. The number of nitrogens with zero attached hydrogens (tertiary/aromatic N) is 4.